The third-order valence-electron chi connectivity index (χ3n) is 1.98. The zero-order chi connectivity index (χ0) is 13.4. The second-order valence-electron chi connectivity index (χ2n) is 3.17. The van der Waals surface area contributed by atoms with Crippen molar-refractivity contribution in [3.8, 4) is 0 Å². The Kier molecular flexibility index (Phi) is 6.87. The zero-order valence-corrected chi connectivity index (χ0v) is 11.6. The molecule has 0 atom stereocenters. The Balaban J connectivity index is 0.000000581. The fraction of sp³-hybridized carbons (Fsp3) is 0.429. The van der Waals surface area contributed by atoms with Gasteiger partial charge in [-0.15, -0.1) is 0 Å². The molecule has 0 fully saturated rings. The average molecular weight is 234 g/mol. The molecule has 94 valence electrons. The van der Waals surface area contributed by atoms with E-state index in [9.17, 15) is 4.79 Å². The first-order valence-corrected chi connectivity index (χ1v) is 6.14. The van der Waals surface area contributed by atoms with Crippen LogP contribution in [0.4, 0.5) is 0 Å². The van der Waals surface area contributed by atoms with Crippen molar-refractivity contribution in [2.45, 2.75) is 41.5 Å². The number of aryl methyl sites for hydroxylation is 2. The summed E-state index contributed by atoms with van der Waals surface area (Å²) < 4.78 is 0. The van der Waals surface area contributed by atoms with Crippen LogP contribution in [0.15, 0.2) is 23.0 Å². The number of nitrogens with one attached hydrogen (secondary N) is 1. The minimum absolute atomic E-state index is 0.0671. The predicted molar refractivity (Wildman–Crippen MR) is 74.5 cm³/mol. The van der Waals surface area contributed by atoms with E-state index in [2.05, 4.69) is 9.97 Å². The average Bonchev–Trinajstić information content (AvgIpc) is 2.33. The second kappa shape index (κ2) is 7.60. The highest BCUT2D eigenvalue weighted by Crippen LogP contribution is 2.08. The van der Waals surface area contributed by atoms with E-state index in [0.29, 0.717) is 11.2 Å². The molecule has 0 aliphatic carbocycles. The summed E-state index contributed by atoms with van der Waals surface area (Å²) >= 11 is 0. The Bertz CT molecular complexity index is 510. The molecular formula is C14H22N2O. The Morgan fingerprint density at radius 2 is 1.65 bits per heavy atom. The van der Waals surface area contributed by atoms with Gasteiger partial charge in [0.05, 0.1) is 10.9 Å². The molecule has 1 heterocycles. The number of rotatable bonds is 0. The molecular weight excluding hydrogens is 212 g/mol. The molecule has 3 nitrogen and oxygen atoms in total. The first kappa shape index (κ1) is 15.4. The van der Waals surface area contributed by atoms with Gasteiger partial charge in [0.1, 0.15) is 5.82 Å². The smallest absolute Gasteiger partial charge is 0.258 e. The van der Waals surface area contributed by atoms with Crippen molar-refractivity contribution >= 4 is 10.9 Å². The molecule has 0 aliphatic heterocycles. The molecule has 0 bridgehead atoms. The normalized spacial score (nSPS) is 8.82. The van der Waals surface area contributed by atoms with E-state index in [4.69, 9.17) is 0 Å². The summed E-state index contributed by atoms with van der Waals surface area (Å²) in [5.41, 5.74) is 1.81. The molecule has 0 saturated carbocycles. The van der Waals surface area contributed by atoms with Crippen molar-refractivity contribution in [2.24, 2.45) is 0 Å². The van der Waals surface area contributed by atoms with Crippen molar-refractivity contribution in [3.63, 3.8) is 0 Å². The summed E-state index contributed by atoms with van der Waals surface area (Å²) in [7, 11) is 0. The van der Waals surface area contributed by atoms with E-state index in [-0.39, 0.29) is 5.56 Å². The molecule has 0 aliphatic rings. The van der Waals surface area contributed by atoms with Gasteiger partial charge in [-0.1, -0.05) is 33.8 Å². The van der Waals surface area contributed by atoms with Crippen LogP contribution in [0.25, 0.3) is 10.9 Å². The fourth-order valence-electron chi connectivity index (χ4n) is 1.37. The minimum Gasteiger partial charge on any atom is -0.310 e. The van der Waals surface area contributed by atoms with Gasteiger partial charge >= 0.3 is 0 Å². The maximum Gasteiger partial charge on any atom is 0.258 e. The van der Waals surface area contributed by atoms with Gasteiger partial charge in [0.25, 0.3) is 5.56 Å². The number of benzene rings is 1. The van der Waals surface area contributed by atoms with Gasteiger partial charge in [0.15, 0.2) is 0 Å². The van der Waals surface area contributed by atoms with Crippen molar-refractivity contribution in [2.75, 3.05) is 0 Å². The van der Waals surface area contributed by atoms with Crippen LogP contribution in [0, 0.1) is 13.8 Å². The number of fused-ring (bicyclic) bond motifs is 1. The molecule has 0 unspecified atom stereocenters. The number of aromatic nitrogens is 2. The first-order valence-electron chi connectivity index (χ1n) is 6.14. The number of nitrogens with zero attached hydrogens (tertiary/aromatic N) is 1. The van der Waals surface area contributed by atoms with Crippen LogP contribution < -0.4 is 5.56 Å². The van der Waals surface area contributed by atoms with Gasteiger partial charge in [-0.2, -0.15) is 0 Å². The molecule has 0 spiro atoms. The maximum absolute atomic E-state index is 11.4. The Labute approximate surface area is 103 Å². The summed E-state index contributed by atoms with van der Waals surface area (Å²) in [5, 5.41) is 0.649. The highest BCUT2D eigenvalue weighted by molar-refractivity contribution is 5.77. The number of hydrogen-bond acceptors (Lipinski definition) is 2. The largest absolute Gasteiger partial charge is 0.310 e. The molecule has 2 aromatic rings. The lowest BCUT2D eigenvalue weighted by Crippen LogP contribution is -2.09. The Morgan fingerprint density at radius 3 is 2.24 bits per heavy atom. The van der Waals surface area contributed by atoms with Gasteiger partial charge in [-0.25, -0.2) is 4.98 Å². The minimum atomic E-state index is -0.0671. The van der Waals surface area contributed by atoms with Crippen molar-refractivity contribution < 1.29 is 0 Å². The van der Waals surface area contributed by atoms with E-state index in [1.54, 1.807) is 13.0 Å². The van der Waals surface area contributed by atoms with Gasteiger partial charge < -0.3 is 4.98 Å². The first-order chi connectivity index (χ1) is 8.16. The summed E-state index contributed by atoms with van der Waals surface area (Å²) in [4.78, 5) is 18.3. The van der Waals surface area contributed by atoms with Gasteiger partial charge in [0.2, 0.25) is 0 Å². The highest BCUT2D eigenvalue weighted by atomic mass is 16.1. The molecule has 0 amide bonds. The molecule has 0 saturated heterocycles. The van der Waals surface area contributed by atoms with E-state index in [0.717, 1.165) is 11.1 Å². The van der Waals surface area contributed by atoms with Crippen molar-refractivity contribution in [1.29, 1.82) is 0 Å². The summed E-state index contributed by atoms with van der Waals surface area (Å²) in [6.45, 7) is 11.8. The number of H-pyrrole nitrogens is 1. The van der Waals surface area contributed by atoms with Crippen LogP contribution in [-0.4, -0.2) is 9.97 Å². The topological polar surface area (TPSA) is 45.8 Å². The van der Waals surface area contributed by atoms with Gasteiger partial charge in [-0.3, -0.25) is 4.79 Å². The van der Waals surface area contributed by atoms with Gasteiger partial charge in [-0.05, 0) is 31.5 Å². The molecule has 3 heteroatoms. The van der Waals surface area contributed by atoms with Crippen LogP contribution in [0.5, 0.6) is 0 Å². The predicted octanol–water partition coefficient (Wildman–Crippen LogP) is 3.59. The van der Waals surface area contributed by atoms with Crippen LogP contribution in [-0.2, 0) is 0 Å². The summed E-state index contributed by atoms with van der Waals surface area (Å²) in [6, 6.07) is 5.63. The van der Waals surface area contributed by atoms with Crippen LogP contribution in [0.2, 0.25) is 0 Å². The lowest BCUT2D eigenvalue weighted by Gasteiger charge is -1.98. The zero-order valence-electron chi connectivity index (χ0n) is 11.6. The lowest BCUT2D eigenvalue weighted by molar-refractivity contribution is 1.06. The quantitative estimate of drug-likeness (QED) is 0.757. The van der Waals surface area contributed by atoms with E-state index in [1.165, 1.54) is 0 Å². The van der Waals surface area contributed by atoms with Crippen molar-refractivity contribution in [1.82, 2.24) is 9.97 Å². The SMILES string of the molecule is CC.CC.Cc1ccc2c(=O)[nH]c(C)nc2c1. The number of aromatic amines is 1. The van der Waals surface area contributed by atoms with E-state index < -0.39 is 0 Å². The number of hydrogen-bond donors (Lipinski definition) is 1. The monoisotopic (exact) mass is 234 g/mol. The standard InChI is InChI=1S/C10H10N2O.2C2H6/c1-6-3-4-8-9(5-6)11-7(2)12-10(8)13;2*1-2/h3-5H,1-2H3,(H,11,12,13);2*1-2H3. The third-order valence-corrected chi connectivity index (χ3v) is 1.98. The summed E-state index contributed by atoms with van der Waals surface area (Å²) in [6.07, 6.45) is 0. The van der Waals surface area contributed by atoms with Crippen LogP contribution in [0.3, 0.4) is 0 Å². The third kappa shape index (κ3) is 4.02. The van der Waals surface area contributed by atoms with Crippen LogP contribution >= 0.6 is 0 Å². The fourth-order valence-corrected chi connectivity index (χ4v) is 1.37. The lowest BCUT2D eigenvalue weighted by atomic mass is 10.2. The molecule has 1 aromatic carbocycles. The Morgan fingerprint density at radius 1 is 1.06 bits per heavy atom. The van der Waals surface area contributed by atoms with E-state index in [1.807, 2.05) is 46.8 Å². The maximum atomic E-state index is 11.4. The van der Waals surface area contributed by atoms with Crippen LogP contribution in [0.1, 0.15) is 39.1 Å². The molecule has 0 radical (unpaired) electrons. The van der Waals surface area contributed by atoms with Crippen molar-refractivity contribution in [3.05, 3.63) is 39.9 Å². The van der Waals surface area contributed by atoms with Gasteiger partial charge in [0, 0.05) is 0 Å². The highest BCUT2D eigenvalue weighted by Gasteiger charge is 2.00. The van der Waals surface area contributed by atoms with E-state index >= 15 is 0 Å². The second-order valence-corrected chi connectivity index (χ2v) is 3.17. The molecule has 2 rings (SSSR count). The molecule has 17 heavy (non-hydrogen) atoms. The molecule has 1 aromatic heterocycles. The Hall–Kier alpha value is -1.64. The molecule has 1 N–H and O–H groups in total. The summed E-state index contributed by atoms with van der Waals surface area (Å²) in [5.74, 6) is 0.656.